The van der Waals surface area contributed by atoms with Crippen LogP contribution in [0.3, 0.4) is 0 Å². The Hall–Kier alpha value is -2.33. The second-order valence-electron chi connectivity index (χ2n) is 5.30. The molecule has 4 heteroatoms. The number of hydrogen-bond donors (Lipinski definition) is 1. The van der Waals surface area contributed by atoms with E-state index in [9.17, 15) is 4.79 Å². The molecule has 0 aromatic heterocycles. The quantitative estimate of drug-likeness (QED) is 0.707. The maximum absolute atomic E-state index is 12.2. The van der Waals surface area contributed by atoms with Gasteiger partial charge in [-0.2, -0.15) is 0 Å². The summed E-state index contributed by atoms with van der Waals surface area (Å²) in [6.45, 7) is 1.96. The molecule has 0 bridgehead atoms. The molecule has 0 fully saturated rings. The van der Waals surface area contributed by atoms with Gasteiger partial charge in [0.2, 0.25) is 0 Å². The normalized spacial score (nSPS) is 10.5. The Kier molecular flexibility index (Phi) is 4.63. The molecule has 0 heterocycles. The molecule has 0 radical (unpaired) electrons. The number of rotatable bonds is 4. The fraction of sp³-hybridized carbons (Fsp3) is 0.105. The van der Waals surface area contributed by atoms with Gasteiger partial charge < -0.3 is 10.1 Å². The van der Waals surface area contributed by atoms with Crippen LogP contribution in [0.25, 0.3) is 10.8 Å². The van der Waals surface area contributed by atoms with Crippen molar-refractivity contribution in [3.05, 3.63) is 70.7 Å². The topological polar surface area (TPSA) is 38.3 Å². The first-order valence-electron chi connectivity index (χ1n) is 7.30. The van der Waals surface area contributed by atoms with Crippen LogP contribution >= 0.6 is 15.9 Å². The van der Waals surface area contributed by atoms with E-state index < -0.39 is 0 Å². The number of amides is 1. The predicted octanol–water partition coefficient (Wildman–Crippen LogP) is 4.93. The van der Waals surface area contributed by atoms with Crippen LogP contribution in [-0.4, -0.2) is 12.5 Å². The maximum Gasteiger partial charge on any atom is 0.262 e. The molecule has 0 aliphatic rings. The second-order valence-corrected chi connectivity index (χ2v) is 6.15. The lowest BCUT2D eigenvalue weighted by Crippen LogP contribution is -2.20. The fourth-order valence-electron chi connectivity index (χ4n) is 2.39. The number of halogens is 1. The minimum atomic E-state index is -0.186. The summed E-state index contributed by atoms with van der Waals surface area (Å²) in [7, 11) is 0. The van der Waals surface area contributed by atoms with Crippen molar-refractivity contribution in [1.82, 2.24) is 0 Å². The Labute approximate surface area is 143 Å². The minimum Gasteiger partial charge on any atom is -0.483 e. The lowest BCUT2D eigenvalue weighted by molar-refractivity contribution is -0.118. The van der Waals surface area contributed by atoms with Gasteiger partial charge in [-0.1, -0.05) is 42.5 Å². The first kappa shape index (κ1) is 15.6. The van der Waals surface area contributed by atoms with Crippen molar-refractivity contribution in [1.29, 1.82) is 0 Å². The highest BCUT2D eigenvalue weighted by atomic mass is 79.9. The van der Waals surface area contributed by atoms with Crippen molar-refractivity contribution >= 4 is 38.3 Å². The van der Waals surface area contributed by atoms with Gasteiger partial charge >= 0.3 is 0 Å². The molecule has 3 nitrogen and oxygen atoms in total. The number of fused-ring (bicyclic) bond motifs is 1. The van der Waals surface area contributed by atoms with Gasteiger partial charge in [0.1, 0.15) is 5.75 Å². The number of benzene rings is 3. The van der Waals surface area contributed by atoms with Crippen LogP contribution in [0.15, 0.2) is 65.1 Å². The Morgan fingerprint density at radius 1 is 1.09 bits per heavy atom. The van der Waals surface area contributed by atoms with E-state index in [1.54, 1.807) is 0 Å². The summed E-state index contributed by atoms with van der Waals surface area (Å²) in [4.78, 5) is 12.2. The zero-order chi connectivity index (χ0) is 16.2. The zero-order valence-electron chi connectivity index (χ0n) is 12.7. The van der Waals surface area contributed by atoms with Crippen molar-refractivity contribution in [2.24, 2.45) is 0 Å². The number of anilines is 1. The first-order valence-corrected chi connectivity index (χ1v) is 8.09. The fourth-order valence-corrected chi connectivity index (χ4v) is 2.99. The van der Waals surface area contributed by atoms with Crippen LogP contribution in [0, 0.1) is 6.92 Å². The Morgan fingerprint density at radius 3 is 2.70 bits per heavy atom. The smallest absolute Gasteiger partial charge is 0.262 e. The van der Waals surface area contributed by atoms with Gasteiger partial charge in [0, 0.05) is 11.1 Å². The Bertz CT molecular complexity index is 856. The molecule has 1 N–H and O–H groups in total. The first-order chi connectivity index (χ1) is 11.1. The van der Waals surface area contributed by atoms with Crippen molar-refractivity contribution in [2.75, 3.05) is 11.9 Å². The van der Waals surface area contributed by atoms with Crippen LogP contribution in [0.4, 0.5) is 5.69 Å². The summed E-state index contributed by atoms with van der Waals surface area (Å²) in [5.74, 6) is 0.470. The van der Waals surface area contributed by atoms with E-state index in [1.165, 1.54) is 0 Å². The molecule has 0 saturated carbocycles. The monoisotopic (exact) mass is 369 g/mol. The lowest BCUT2D eigenvalue weighted by Gasteiger charge is -2.11. The highest BCUT2D eigenvalue weighted by Gasteiger charge is 2.08. The Morgan fingerprint density at radius 2 is 1.87 bits per heavy atom. The maximum atomic E-state index is 12.2. The molecule has 3 aromatic carbocycles. The molecule has 116 valence electrons. The van der Waals surface area contributed by atoms with E-state index in [1.807, 2.05) is 67.6 Å². The number of carbonyl (C=O) groups excluding carboxylic acids is 1. The van der Waals surface area contributed by atoms with Crippen LogP contribution < -0.4 is 10.1 Å². The molecule has 0 aliphatic heterocycles. The number of aryl methyl sites for hydroxylation is 1. The molecule has 0 spiro atoms. The van der Waals surface area contributed by atoms with Gasteiger partial charge in [-0.05, 0) is 52.0 Å². The number of nitrogens with one attached hydrogen (secondary N) is 1. The van der Waals surface area contributed by atoms with E-state index in [0.717, 1.165) is 26.5 Å². The van der Waals surface area contributed by atoms with Gasteiger partial charge in [-0.3, -0.25) is 4.79 Å². The summed E-state index contributed by atoms with van der Waals surface area (Å²) in [5, 5.41) is 5.01. The summed E-state index contributed by atoms with van der Waals surface area (Å²) < 4.78 is 6.42. The average Bonchev–Trinajstić information content (AvgIpc) is 2.54. The lowest BCUT2D eigenvalue weighted by atomic mass is 10.1. The molecule has 0 atom stereocenters. The van der Waals surface area contributed by atoms with Crippen LogP contribution in [0.5, 0.6) is 5.75 Å². The van der Waals surface area contributed by atoms with Crippen LogP contribution in [0.1, 0.15) is 5.56 Å². The van der Waals surface area contributed by atoms with E-state index in [2.05, 4.69) is 21.2 Å². The predicted molar refractivity (Wildman–Crippen MR) is 97.0 cm³/mol. The zero-order valence-corrected chi connectivity index (χ0v) is 14.3. The molecule has 0 aliphatic carbocycles. The number of carbonyl (C=O) groups is 1. The third-order valence-electron chi connectivity index (χ3n) is 3.51. The standard InChI is InChI=1S/C19H16BrNO2/c1-13-9-10-18(16(20)11-13)23-12-19(22)21-17-8-4-6-14-5-2-3-7-15(14)17/h2-11H,12H2,1H3,(H,21,22). The van der Waals surface area contributed by atoms with E-state index in [4.69, 9.17) is 4.74 Å². The van der Waals surface area contributed by atoms with E-state index in [0.29, 0.717) is 5.75 Å². The van der Waals surface area contributed by atoms with Crippen LogP contribution in [0.2, 0.25) is 0 Å². The molecular weight excluding hydrogens is 354 g/mol. The molecule has 3 rings (SSSR count). The minimum absolute atomic E-state index is 0.0368. The van der Waals surface area contributed by atoms with Gasteiger partial charge in [0.25, 0.3) is 5.91 Å². The highest BCUT2D eigenvalue weighted by Crippen LogP contribution is 2.26. The highest BCUT2D eigenvalue weighted by molar-refractivity contribution is 9.10. The van der Waals surface area contributed by atoms with Gasteiger partial charge in [-0.15, -0.1) is 0 Å². The van der Waals surface area contributed by atoms with Crippen molar-refractivity contribution in [3.63, 3.8) is 0 Å². The Balaban J connectivity index is 1.69. The third kappa shape index (κ3) is 3.71. The van der Waals surface area contributed by atoms with Gasteiger partial charge in [0.15, 0.2) is 6.61 Å². The van der Waals surface area contributed by atoms with E-state index in [-0.39, 0.29) is 12.5 Å². The molecule has 1 amide bonds. The molecule has 3 aromatic rings. The number of hydrogen-bond acceptors (Lipinski definition) is 2. The summed E-state index contributed by atoms with van der Waals surface area (Å²) >= 11 is 3.44. The summed E-state index contributed by atoms with van der Waals surface area (Å²) in [5.41, 5.74) is 1.92. The average molecular weight is 370 g/mol. The van der Waals surface area contributed by atoms with Gasteiger partial charge in [0.05, 0.1) is 4.47 Å². The third-order valence-corrected chi connectivity index (χ3v) is 4.13. The molecule has 23 heavy (non-hydrogen) atoms. The summed E-state index contributed by atoms with van der Waals surface area (Å²) in [6, 6.07) is 19.5. The second kappa shape index (κ2) is 6.84. The molecule has 0 saturated heterocycles. The SMILES string of the molecule is Cc1ccc(OCC(=O)Nc2cccc3ccccc23)c(Br)c1. The van der Waals surface area contributed by atoms with Crippen LogP contribution in [-0.2, 0) is 4.79 Å². The summed E-state index contributed by atoms with van der Waals surface area (Å²) in [6.07, 6.45) is 0. The van der Waals surface area contributed by atoms with E-state index >= 15 is 0 Å². The van der Waals surface area contributed by atoms with Crippen molar-refractivity contribution < 1.29 is 9.53 Å². The molecule has 0 unspecified atom stereocenters. The van der Waals surface area contributed by atoms with Crippen molar-refractivity contribution in [2.45, 2.75) is 6.92 Å². The molecular formula is C19H16BrNO2. The van der Waals surface area contributed by atoms with Gasteiger partial charge in [-0.25, -0.2) is 0 Å². The largest absolute Gasteiger partial charge is 0.483 e. The number of ether oxygens (including phenoxy) is 1. The van der Waals surface area contributed by atoms with Crippen molar-refractivity contribution in [3.8, 4) is 5.75 Å².